The maximum Gasteiger partial charge on any atom is 0.192 e. The molecular formula is C19H32ClNO4Si. The molecule has 1 aromatic rings. The lowest BCUT2D eigenvalue weighted by Gasteiger charge is -2.38. The Morgan fingerprint density at radius 1 is 1.35 bits per heavy atom. The van der Waals surface area contributed by atoms with Crippen LogP contribution in [0, 0.1) is 0 Å². The van der Waals surface area contributed by atoms with E-state index in [0.29, 0.717) is 30.7 Å². The highest BCUT2D eigenvalue weighted by Crippen LogP contribution is 2.38. The quantitative estimate of drug-likeness (QED) is 0.485. The molecule has 0 bridgehead atoms. The highest BCUT2D eigenvalue weighted by atomic mass is 35.5. The zero-order valence-corrected chi connectivity index (χ0v) is 18.8. The molecule has 0 aliphatic carbocycles. The molecule has 1 fully saturated rings. The zero-order valence-electron chi connectivity index (χ0n) is 17.0. The second-order valence-electron chi connectivity index (χ2n) is 8.51. The Kier molecular flexibility index (Phi) is 6.78. The molecule has 0 spiro atoms. The molecule has 26 heavy (non-hydrogen) atoms. The summed E-state index contributed by atoms with van der Waals surface area (Å²) < 4.78 is 23.5. The van der Waals surface area contributed by atoms with E-state index in [0.717, 1.165) is 12.1 Å². The minimum atomic E-state index is -1.82. The molecule has 2 heterocycles. The lowest BCUT2D eigenvalue weighted by Crippen LogP contribution is -2.44. The number of nitrogens with zero attached hydrogens (tertiary/aromatic N) is 1. The van der Waals surface area contributed by atoms with Gasteiger partial charge in [0.2, 0.25) is 0 Å². The van der Waals surface area contributed by atoms with Crippen molar-refractivity contribution in [2.24, 2.45) is 0 Å². The summed E-state index contributed by atoms with van der Waals surface area (Å²) in [6.07, 6.45) is 0.749. The van der Waals surface area contributed by atoms with E-state index < -0.39 is 13.9 Å². The summed E-state index contributed by atoms with van der Waals surface area (Å²) in [7, 11) is -0.148. The summed E-state index contributed by atoms with van der Waals surface area (Å²) in [4.78, 5) is 4.43. The van der Waals surface area contributed by atoms with Crippen molar-refractivity contribution in [1.82, 2.24) is 4.98 Å². The number of methoxy groups -OCH3 is 1. The van der Waals surface area contributed by atoms with Crippen molar-refractivity contribution in [2.75, 3.05) is 26.9 Å². The fraction of sp³-hybridized carbons (Fsp3) is 0.737. The number of ether oxygens (including phenoxy) is 3. The minimum Gasteiger partial charge on any atom is -0.491 e. The third-order valence-corrected chi connectivity index (χ3v) is 10.2. The van der Waals surface area contributed by atoms with E-state index in [4.69, 9.17) is 30.2 Å². The zero-order chi connectivity index (χ0) is 19.6. The van der Waals surface area contributed by atoms with Crippen LogP contribution in [0.2, 0.25) is 23.3 Å². The van der Waals surface area contributed by atoms with Crippen LogP contribution in [0.15, 0.2) is 12.1 Å². The Balaban J connectivity index is 2.06. The number of hydrogen-bond acceptors (Lipinski definition) is 5. The second-order valence-corrected chi connectivity index (χ2v) is 13.7. The summed E-state index contributed by atoms with van der Waals surface area (Å²) in [5, 5.41) is 0.556. The number of rotatable bonds is 7. The van der Waals surface area contributed by atoms with Crippen LogP contribution >= 0.6 is 11.6 Å². The van der Waals surface area contributed by atoms with Crippen molar-refractivity contribution in [3.05, 3.63) is 23.0 Å². The van der Waals surface area contributed by atoms with Gasteiger partial charge in [0.1, 0.15) is 23.1 Å². The molecule has 5 nitrogen and oxygen atoms in total. The van der Waals surface area contributed by atoms with Gasteiger partial charge in [0.25, 0.3) is 0 Å². The second kappa shape index (κ2) is 8.15. The molecule has 148 valence electrons. The van der Waals surface area contributed by atoms with Gasteiger partial charge in [-0.05, 0) is 25.1 Å². The van der Waals surface area contributed by atoms with Crippen LogP contribution in [0.5, 0.6) is 5.75 Å². The molecule has 0 radical (unpaired) electrons. The van der Waals surface area contributed by atoms with E-state index >= 15 is 0 Å². The molecule has 1 saturated heterocycles. The summed E-state index contributed by atoms with van der Waals surface area (Å²) in [6.45, 7) is 14.8. The van der Waals surface area contributed by atoms with E-state index in [1.807, 2.05) is 13.0 Å². The molecule has 0 amide bonds. The van der Waals surface area contributed by atoms with Crippen molar-refractivity contribution in [1.29, 1.82) is 0 Å². The number of pyridine rings is 1. The van der Waals surface area contributed by atoms with Gasteiger partial charge in [-0.3, -0.25) is 0 Å². The average molecular weight is 402 g/mol. The Morgan fingerprint density at radius 3 is 2.58 bits per heavy atom. The van der Waals surface area contributed by atoms with Crippen molar-refractivity contribution < 1.29 is 18.6 Å². The number of hydrogen-bond donors (Lipinski definition) is 0. The lowest BCUT2D eigenvalue weighted by molar-refractivity contribution is -0.0247. The minimum absolute atomic E-state index is 0.00233. The van der Waals surface area contributed by atoms with E-state index in [2.05, 4.69) is 38.8 Å². The maximum atomic E-state index is 6.35. The molecule has 0 aromatic carbocycles. The Bertz CT molecular complexity index is 612. The van der Waals surface area contributed by atoms with Crippen LogP contribution < -0.4 is 4.74 Å². The largest absolute Gasteiger partial charge is 0.491 e. The van der Waals surface area contributed by atoms with Gasteiger partial charge in [-0.15, -0.1) is 0 Å². The van der Waals surface area contributed by atoms with Gasteiger partial charge in [-0.25, -0.2) is 4.98 Å². The summed E-state index contributed by atoms with van der Waals surface area (Å²) in [5.74, 6) is 0.675. The highest BCUT2D eigenvalue weighted by Gasteiger charge is 2.40. The summed E-state index contributed by atoms with van der Waals surface area (Å²) in [5.41, 5.74) is 0.199. The topological polar surface area (TPSA) is 49.8 Å². The van der Waals surface area contributed by atoms with Crippen LogP contribution in [0.3, 0.4) is 0 Å². The predicted octanol–water partition coefficient (Wildman–Crippen LogP) is 4.79. The van der Waals surface area contributed by atoms with Crippen molar-refractivity contribution in [3.8, 4) is 5.75 Å². The molecular weight excluding hydrogens is 370 g/mol. The lowest BCUT2D eigenvalue weighted by atomic mass is 9.98. The maximum absolute atomic E-state index is 6.35. The van der Waals surface area contributed by atoms with Gasteiger partial charge in [-0.2, -0.15) is 0 Å². The summed E-state index contributed by atoms with van der Waals surface area (Å²) in [6, 6.07) is 3.62. The molecule has 7 heteroatoms. The van der Waals surface area contributed by atoms with Crippen LogP contribution in [0.1, 0.15) is 39.8 Å². The van der Waals surface area contributed by atoms with Crippen LogP contribution in [-0.4, -0.2) is 46.3 Å². The van der Waals surface area contributed by atoms with Crippen molar-refractivity contribution in [3.63, 3.8) is 0 Å². The molecule has 0 N–H and O–H groups in total. The molecule has 1 aliphatic rings. The molecule has 1 aliphatic heterocycles. The van der Waals surface area contributed by atoms with Gasteiger partial charge >= 0.3 is 0 Å². The fourth-order valence-corrected chi connectivity index (χ4v) is 4.36. The first-order chi connectivity index (χ1) is 12.0. The Morgan fingerprint density at radius 2 is 2.04 bits per heavy atom. The van der Waals surface area contributed by atoms with Gasteiger partial charge in [0.05, 0.1) is 18.4 Å². The standard InChI is InChI=1S/C19H32ClNO4Si/c1-14(25-26(6,7)18(2,3)4)12-24-15-10-16(21-17(20)11-15)19(22-5)8-9-23-13-19/h10-11,14H,8-9,12-13H2,1-7H3/t14-,19+/m1/s1. The summed E-state index contributed by atoms with van der Waals surface area (Å²) >= 11 is 6.22. The Hall–Kier alpha value is -0.663. The Labute approximate surface area is 163 Å². The predicted molar refractivity (Wildman–Crippen MR) is 107 cm³/mol. The molecule has 0 saturated carbocycles. The van der Waals surface area contributed by atoms with E-state index in [9.17, 15) is 0 Å². The fourth-order valence-electron chi connectivity index (χ4n) is 2.73. The van der Waals surface area contributed by atoms with E-state index in [1.54, 1.807) is 13.2 Å². The first-order valence-corrected chi connectivity index (χ1v) is 12.4. The van der Waals surface area contributed by atoms with Gasteiger partial charge < -0.3 is 18.6 Å². The van der Waals surface area contributed by atoms with E-state index in [1.165, 1.54) is 0 Å². The molecule has 2 rings (SSSR count). The first kappa shape index (κ1) is 21.6. The highest BCUT2D eigenvalue weighted by molar-refractivity contribution is 6.74. The molecule has 0 unspecified atom stereocenters. The van der Waals surface area contributed by atoms with Crippen LogP contribution in [-0.2, 0) is 19.5 Å². The SMILES string of the molecule is CO[C@@]1(c2cc(OC[C@@H](C)O[Si](C)(C)C(C)(C)C)cc(Cl)n2)CCOC1. The van der Waals surface area contributed by atoms with Gasteiger partial charge in [0, 0.05) is 32.3 Å². The smallest absolute Gasteiger partial charge is 0.192 e. The average Bonchev–Trinajstić information content (AvgIpc) is 3.01. The monoisotopic (exact) mass is 401 g/mol. The van der Waals surface area contributed by atoms with Gasteiger partial charge in [-0.1, -0.05) is 32.4 Å². The number of halogens is 1. The molecule has 2 atom stereocenters. The first-order valence-electron chi connectivity index (χ1n) is 9.11. The van der Waals surface area contributed by atoms with Crippen molar-refractivity contribution in [2.45, 2.75) is 64.0 Å². The van der Waals surface area contributed by atoms with Gasteiger partial charge in [0.15, 0.2) is 8.32 Å². The van der Waals surface area contributed by atoms with E-state index in [-0.39, 0.29) is 11.1 Å². The van der Waals surface area contributed by atoms with Crippen molar-refractivity contribution >= 4 is 19.9 Å². The van der Waals surface area contributed by atoms with Crippen LogP contribution in [0.25, 0.3) is 0 Å². The third-order valence-electron chi connectivity index (χ3n) is 5.40. The van der Waals surface area contributed by atoms with Crippen LogP contribution in [0.4, 0.5) is 0 Å². The number of aromatic nitrogens is 1. The normalized spacial score (nSPS) is 22.5. The molecule has 1 aromatic heterocycles. The third kappa shape index (κ3) is 4.98.